The summed E-state index contributed by atoms with van der Waals surface area (Å²) < 4.78 is 5.67. The van der Waals surface area contributed by atoms with Gasteiger partial charge in [0.25, 0.3) is 0 Å². The van der Waals surface area contributed by atoms with Crippen molar-refractivity contribution in [3.63, 3.8) is 0 Å². The van der Waals surface area contributed by atoms with Gasteiger partial charge >= 0.3 is 0 Å². The van der Waals surface area contributed by atoms with E-state index in [0.717, 1.165) is 19.3 Å². The predicted molar refractivity (Wildman–Crippen MR) is 68.1 cm³/mol. The number of epoxide rings is 1. The molecule has 0 radical (unpaired) electrons. The molecule has 3 aliphatic rings. The Balaban J connectivity index is 1.92. The molecule has 0 unspecified atom stereocenters. The van der Waals surface area contributed by atoms with Crippen LogP contribution >= 0.6 is 0 Å². The summed E-state index contributed by atoms with van der Waals surface area (Å²) in [5, 5.41) is 9.48. The van der Waals surface area contributed by atoms with Crippen LogP contribution in [-0.2, 0) is 9.53 Å². The van der Waals surface area contributed by atoms with Gasteiger partial charge in [-0.25, -0.2) is 0 Å². The second-order valence-electron chi connectivity index (χ2n) is 6.69. The van der Waals surface area contributed by atoms with Crippen molar-refractivity contribution in [2.45, 2.75) is 51.7 Å². The van der Waals surface area contributed by atoms with Crippen molar-refractivity contribution in [2.75, 3.05) is 6.61 Å². The first kappa shape index (κ1) is 12.4. The molecule has 1 saturated heterocycles. The lowest BCUT2D eigenvalue weighted by Crippen LogP contribution is -2.30. The van der Waals surface area contributed by atoms with Crippen molar-refractivity contribution in [1.29, 1.82) is 0 Å². The van der Waals surface area contributed by atoms with E-state index in [1.807, 2.05) is 6.08 Å². The first-order valence-electron chi connectivity index (χ1n) is 6.97. The summed E-state index contributed by atoms with van der Waals surface area (Å²) >= 11 is 0. The average molecular weight is 250 g/mol. The highest BCUT2D eigenvalue weighted by Crippen LogP contribution is 2.58. The van der Waals surface area contributed by atoms with Crippen LogP contribution in [0, 0.1) is 17.3 Å². The highest BCUT2D eigenvalue weighted by Gasteiger charge is 2.62. The number of aliphatic hydroxyl groups is 1. The van der Waals surface area contributed by atoms with E-state index in [1.165, 1.54) is 5.57 Å². The molecule has 0 aromatic rings. The molecule has 1 aliphatic heterocycles. The van der Waals surface area contributed by atoms with Gasteiger partial charge in [-0.3, -0.25) is 4.79 Å². The number of ketones is 1. The first-order chi connectivity index (χ1) is 8.43. The topological polar surface area (TPSA) is 49.8 Å². The molecule has 0 aromatic carbocycles. The summed E-state index contributed by atoms with van der Waals surface area (Å²) in [5.41, 5.74) is 0.965. The minimum atomic E-state index is -0.324. The minimum absolute atomic E-state index is 0.00972. The molecule has 2 aliphatic carbocycles. The average Bonchev–Trinajstić information content (AvgIpc) is 2.98. The third-order valence-corrected chi connectivity index (χ3v) is 5.38. The summed E-state index contributed by atoms with van der Waals surface area (Å²) in [6, 6.07) is 0. The Kier molecular flexibility index (Phi) is 2.52. The van der Waals surface area contributed by atoms with Crippen LogP contribution in [-0.4, -0.2) is 29.2 Å². The summed E-state index contributed by atoms with van der Waals surface area (Å²) in [4.78, 5) is 12.2. The molecule has 1 heterocycles. The molecule has 4 atom stereocenters. The Hall–Kier alpha value is -0.670. The Labute approximate surface area is 108 Å². The lowest BCUT2D eigenvalue weighted by molar-refractivity contribution is -0.120. The molecule has 2 fully saturated rings. The van der Waals surface area contributed by atoms with Gasteiger partial charge in [-0.1, -0.05) is 26.3 Å². The summed E-state index contributed by atoms with van der Waals surface area (Å²) in [6.07, 6.45) is 4.58. The molecule has 3 nitrogen and oxygen atoms in total. The summed E-state index contributed by atoms with van der Waals surface area (Å²) in [7, 11) is 0. The maximum Gasteiger partial charge on any atom is 0.159 e. The van der Waals surface area contributed by atoms with Crippen LogP contribution < -0.4 is 0 Å². The van der Waals surface area contributed by atoms with Gasteiger partial charge in [0.05, 0.1) is 12.7 Å². The molecule has 0 spiro atoms. The lowest BCUT2D eigenvalue weighted by Gasteiger charge is -2.35. The van der Waals surface area contributed by atoms with Gasteiger partial charge in [0, 0.05) is 5.92 Å². The van der Waals surface area contributed by atoms with Gasteiger partial charge in [0.2, 0.25) is 0 Å². The first-order valence-corrected chi connectivity index (χ1v) is 6.97. The van der Waals surface area contributed by atoms with Crippen LogP contribution in [0.25, 0.3) is 0 Å². The smallest absolute Gasteiger partial charge is 0.159 e. The van der Waals surface area contributed by atoms with Gasteiger partial charge in [-0.15, -0.1) is 0 Å². The fourth-order valence-corrected chi connectivity index (χ4v) is 4.09. The highest BCUT2D eigenvalue weighted by atomic mass is 16.6. The van der Waals surface area contributed by atoms with E-state index in [1.54, 1.807) is 0 Å². The van der Waals surface area contributed by atoms with Crippen molar-refractivity contribution < 1.29 is 14.6 Å². The quantitative estimate of drug-likeness (QED) is 0.763. The fourth-order valence-electron chi connectivity index (χ4n) is 4.09. The number of ether oxygens (including phenoxy) is 1. The van der Waals surface area contributed by atoms with Crippen molar-refractivity contribution in [3.05, 3.63) is 11.6 Å². The molecule has 18 heavy (non-hydrogen) atoms. The maximum atomic E-state index is 12.2. The minimum Gasteiger partial charge on any atom is -0.393 e. The summed E-state index contributed by atoms with van der Waals surface area (Å²) in [6.45, 7) is 6.65. The SMILES string of the molecule is CC(C)C1=CC(=O)[C@H]2C[C@@H]3O[C@]3(CO)CC[C@]12C. The van der Waals surface area contributed by atoms with Gasteiger partial charge < -0.3 is 9.84 Å². The molecule has 1 N–H and O–H groups in total. The number of carbonyl (C=O) groups excluding carboxylic acids is 1. The molecule has 100 valence electrons. The number of hydrogen-bond donors (Lipinski definition) is 1. The van der Waals surface area contributed by atoms with E-state index in [0.29, 0.717) is 5.92 Å². The zero-order valence-corrected chi connectivity index (χ0v) is 11.4. The van der Waals surface area contributed by atoms with Crippen LogP contribution in [0.1, 0.15) is 40.0 Å². The van der Waals surface area contributed by atoms with Crippen LogP contribution in [0.4, 0.5) is 0 Å². The maximum absolute atomic E-state index is 12.2. The second-order valence-corrected chi connectivity index (χ2v) is 6.69. The number of rotatable bonds is 2. The van der Waals surface area contributed by atoms with Gasteiger partial charge in [0.1, 0.15) is 5.60 Å². The predicted octanol–water partition coefficient (Wildman–Crippen LogP) is 2.09. The Morgan fingerprint density at radius 2 is 2.22 bits per heavy atom. The molecular formula is C15H22O3. The van der Waals surface area contributed by atoms with Crippen molar-refractivity contribution in [2.24, 2.45) is 17.3 Å². The standard InChI is InChI=1S/C15H22O3/c1-9(2)10-6-12(17)11-7-13-15(8-16,18-13)5-4-14(10,11)3/h6,9,11,13,16H,4-5,7-8H2,1-3H3/t11-,13+,14-,15+/m1/s1. The molecular weight excluding hydrogens is 228 g/mol. The number of hydrogen-bond acceptors (Lipinski definition) is 3. The molecule has 0 bridgehead atoms. The number of fused-ring (bicyclic) bond motifs is 2. The Morgan fingerprint density at radius 1 is 1.50 bits per heavy atom. The monoisotopic (exact) mass is 250 g/mol. The van der Waals surface area contributed by atoms with Gasteiger partial charge in [-0.05, 0) is 36.7 Å². The van der Waals surface area contributed by atoms with Crippen LogP contribution in [0.15, 0.2) is 11.6 Å². The number of aliphatic hydroxyl groups excluding tert-OH is 1. The van der Waals surface area contributed by atoms with Gasteiger partial charge in [0.15, 0.2) is 5.78 Å². The van der Waals surface area contributed by atoms with E-state index >= 15 is 0 Å². The Morgan fingerprint density at radius 3 is 2.83 bits per heavy atom. The zero-order chi connectivity index (χ0) is 13.1. The normalized spacial score (nSPS) is 46.5. The molecule has 3 rings (SSSR count). The third kappa shape index (κ3) is 1.47. The van der Waals surface area contributed by atoms with Crippen LogP contribution in [0.2, 0.25) is 0 Å². The zero-order valence-electron chi connectivity index (χ0n) is 11.4. The largest absolute Gasteiger partial charge is 0.393 e. The van der Waals surface area contributed by atoms with Gasteiger partial charge in [-0.2, -0.15) is 0 Å². The third-order valence-electron chi connectivity index (χ3n) is 5.38. The lowest BCUT2D eigenvalue weighted by atomic mass is 9.69. The second kappa shape index (κ2) is 3.67. The molecule has 3 heteroatoms. The van der Waals surface area contributed by atoms with Crippen LogP contribution in [0.5, 0.6) is 0 Å². The van der Waals surface area contributed by atoms with E-state index in [2.05, 4.69) is 20.8 Å². The van der Waals surface area contributed by atoms with Crippen molar-refractivity contribution in [1.82, 2.24) is 0 Å². The van der Waals surface area contributed by atoms with E-state index in [4.69, 9.17) is 4.74 Å². The van der Waals surface area contributed by atoms with E-state index in [9.17, 15) is 9.90 Å². The fraction of sp³-hybridized carbons (Fsp3) is 0.800. The molecule has 1 saturated carbocycles. The van der Waals surface area contributed by atoms with E-state index < -0.39 is 0 Å². The highest BCUT2D eigenvalue weighted by molar-refractivity contribution is 5.96. The number of allylic oxidation sites excluding steroid dienone is 2. The molecule has 0 aromatic heterocycles. The van der Waals surface area contributed by atoms with Crippen molar-refractivity contribution in [3.8, 4) is 0 Å². The number of carbonyl (C=O) groups is 1. The molecule has 0 amide bonds. The van der Waals surface area contributed by atoms with E-state index in [-0.39, 0.29) is 35.4 Å². The van der Waals surface area contributed by atoms with Crippen LogP contribution in [0.3, 0.4) is 0 Å². The Bertz CT molecular complexity index is 425. The van der Waals surface area contributed by atoms with Crippen molar-refractivity contribution >= 4 is 5.78 Å². The summed E-state index contributed by atoms with van der Waals surface area (Å²) in [5.74, 6) is 0.755.